The second kappa shape index (κ2) is 7.21. The van der Waals surface area contributed by atoms with Gasteiger partial charge >= 0.3 is 5.97 Å². The van der Waals surface area contributed by atoms with Crippen LogP contribution in [-0.2, 0) is 9.59 Å². The quantitative estimate of drug-likeness (QED) is 0.565. The van der Waals surface area contributed by atoms with Crippen molar-refractivity contribution in [2.45, 2.75) is 26.3 Å². The van der Waals surface area contributed by atoms with Crippen molar-refractivity contribution in [3.05, 3.63) is 66.1 Å². The molecule has 5 nitrogen and oxygen atoms in total. The van der Waals surface area contributed by atoms with Crippen LogP contribution in [0.2, 0.25) is 0 Å². The van der Waals surface area contributed by atoms with Gasteiger partial charge in [-0.3, -0.25) is 9.59 Å². The molecule has 1 atom stereocenters. The smallest absolute Gasteiger partial charge is 0.308 e. The van der Waals surface area contributed by atoms with Crippen molar-refractivity contribution in [2.24, 2.45) is 0 Å². The molecule has 0 aliphatic carbocycles. The van der Waals surface area contributed by atoms with Crippen LogP contribution < -0.4 is 10.1 Å². The van der Waals surface area contributed by atoms with E-state index in [0.717, 1.165) is 10.8 Å². The summed E-state index contributed by atoms with van der Waals surface area (Å²) in [5, 5.41) is 4.84. The summed E-state index contributed by atoms with van der Waals surface area (Å²) >= 11 is 0. The van der Waals surface area contributed by atoms with E-state index in [-0.39, 0.29) is 5.91 Å². The second-order valence-electron chi connectivity index (χ2n) is 5.66. The molecule has 0 aliphatic heterocycles. The molecule has 25 heavy (non-hydrogen) atoms. The van der Waals surface area contributed by atoms with Gasteiger partial charge in [0.05, 0.1) is 6.26 Å². The fourth-order valence-corrected chi connectivity index (χ4v) is 2.82. The predicted molar refractivity (Wildman–Crippen MR) is 94.2 cm³/mol. The van der Waals surface area contributed by atoms with Gasteiger partial charge in [-0.2, -0.15) is 0 Å². The number of carbonyl (C=O) groups excluding carboxylic acids is 2. The number of ether oxygens (including phenoxy) is 1. The fraction of sp³-hybridized carbons (Fsp3) is 0.200. The van der Waals surface area contributed by atoms with E-state index in [1.165, 1.54) is 6.92 Å². The number of hydrogen-bond donors (Lipinski definition) is 1. The van der Waals surface area contributed by atoms with Crippen molar-refractivity contribution in [1.29, 1.82) is 0 Å². The normalized spacial score (nSPS) is 11.9. The van der Waals surface area contributed by atoms with E-state index in [1.807, 2.05) is 30.3 Å². The molecule has 5 heteroatoms. The molecule has 0 spiro atoms. The Morgan fingerprint density at radius 1 is 1.12 bits per heavy atom. The number of carbonyl (C=O) groups is 2. The fourth-order valence-electron chi connectivity index (χ4n) is 2.82. The summed E-state index contributed by atoms with van der Waals surface area (Å²) in [6.45, 7) is 3.14. The lowest BCUT2D eigenvalue weighted by Crippen LogP contribution is -2.29. The molecule has 0 radical (unpaired) electrons. The molecule has 1 aromatic heterocycles. The first-order valence-corrected chi connectivity index (χ1v) is 8.13. The Morgan fingerprint density at radius 3 is 2.60 bits per heavy atom. The minimum atomic E-state index is -0.553. The van der Waals surface area contributed by atoms with E-state index in [0.29, 0.717) is 23.5 Å². The van der Waals surface area contributed by atoms with Crippen molar-refractivity contribution in [2.75, 3.05) is 0 Å². The molecule has 3 rings (SSSR count). The Morgan fingerprint density at radius 2 is 1.92 bits per heavy atom. The van der Waals surface area contributed by atoms with Gasteiger partial charge in [0.15, 0.2) is 0 Å². The molecule has 0 saturated carbocycles. The maximum absolute atomic E-state index is 12.1. The molecule has 0 fully saturated rings. The molecule has 1 N–H and O–H groups in total. The van der Waals surface area contributed by atoms with E-state index in [4.69, 9.17) is 9.15 Å². The zero-order valence-electron chi connectivity index (χ0n) is 14.1. The second-order valence-corrected chi connectivity index (χ2v) is 5.66. The molecule has 128 valence electrons. The number of fused-ring (bicyclic) bond motifs is 1. The standard InChI is InChI=1S/C20H19NO4/c1-3-18(23)21-20(17-9-6-12-24-17)19-15-8-5-4-7-14(15)10-11-16(19)25-13(2)22/h4-12,20H,3H2,1-2H3,(H,21,23)/t20-/m0/s1. The SMILES string of the molecule is CCC(=O)N[C@@H](c1ccco1)c1c(OC(C)=O)ccc2ccccc12. The van der Waals surface area contributed by atoms with Crippen molar-refractivity contribution in [3.8, 4) is 5.75 Å². The largest absolute Gasteiger partial charge is 0.467 e. The molecule has 0 saturated heterocycles. The number of amides is 1. The van der Waals surface area contributed by atoms with Gasteiger partial charge in [-0.15, -0.1) is 0 Å². The Balaban J connectivity index is 2.23. The van der Waals surface area contributed by atoms with Crippen molar-refractivity contribution >= 4 is 22.6 Å². The zero-order chi connectivity index (χ0) is 17.8. The summed E-state index contributed by atoms with van der Waals surface area (Å²) in [7, 11) is 0. The van der Waals surface area contributed by atoms with E-state index < -0.39 is 12.0 Å². The van der Waals surface area contributed by atoms with Crippen LogP contribution in [0.5, 0.6) is 5.75 Å². The maximum Gasteiger partial charge on any atom is 0.308 e. The lowest BCUT2D eigenvalue weighted by Gasteiger charge is -2.21. The molecule has 2 aromatic carbocycles. The van der Waals surface area contributed by atoms with Gasteiger partial charge in [-0.05, 0) is 29.0 Å². The highest BCUT2D eigenvalue weighted by Crippen LogP contribution is 2.36. The van der Waals surface area contributed by atoms with Crippen LogP contribution >= 0.6 is 0 Å². The average molecular weight is 337 g/mol. The van der Waals surface area contributed by atoms with Crippen LogP contribution in [0.25, 0.3) is 10.8 Å². The average Bonchev–Trinajstić information content (AvgIpc) is 3.13. The van der Waals surface area contributed by atoms with Crippen LogP contribution in [0.15, 0.2) is 59.2 Å². The van der Waals surface area contributed by atoms with Gasteiger partial charge in [0.1, 0.15) is 17.6 Å². The number of furan rings is 1. The summed E-state index contributed by atoms with van der Waals surface area (Å²) in [6, 6.07) is 14.4. The van der Waals surface area contributed by atoms with Gasteiger partial charge < -0.3 is 14.5 Å². The lowest BCUT2D eigenvalue weighted by molar-refractivity contribution is -0.131. The van der Waals surface area contributed by atoms with Crippen LogP contribution in [0.4, 0.5) is 0 Å². The number of hydrogen-bond acceptors (Lipinski definition) is 4. The third-order valence-electron chi connectivity index (χ3n) is 3.93. The number of nitrogens with one attached hydrogen (secondary N) is 1. The molecule has 0 unspecified atom stereocenters. The van der Waals surface area contributed by atoms with Crippen LogP contribution in [0, 0.1) is 0 Å². The minimum Gasteiger partial charge on any atom is -0.467 e. The summed E-state index contributed by atoms with van der Waals surface area (Å²) in [5.41, 5.74) is 0.699. The number of esters is 1. The summed E-state index contributed by atoms with van der Waals surface area (Å²) < 4.78 is 11.0. The van der Waals surface area contributed by atoms with Crippen LogP contribution in [0.3, 0.4) is 0 Å². The maximum atomic E-state index is 12.1. The van der Waals surface area contributed by atoms with Crippen molar-refractivity contribution in [3.63, 3.8) is 0 Å². The first-order chi connectivity index (χ1) is 12.1. The van der Waals surface area contributed by atoms with Crippen LogP contribution in [0.1, 0.15) is 37.6 Å². The first-order valence-electron chi connectivity index (χ1n) is 8.13. The molecule has 0 aliphatic rings. The van der Waals surface area contributed by atoms with Gasteiger partial charge in [-0.1, -0.05) is 37.3 Å². The summed E-state index contributed by atoms with van der Waals surface area (Å²) in [6.07, 6.45) is 1.89. The van der Waals surface area contributed by atoms with E-state index in [1.54, 1.807) is 31.4 Å². The number of rotatable bonds is 5. The van der Waals surface area contributed by atoms with E-state index >= 15 is 0 Å². The Labute approximate surface area is 145 Å². The summed E-state index contributed by atoms with van der Waals surface area (Å²) in [4.78, 5) is 23.7. The highest BCUT2D eigenvalue weighted by Gasteiger charge is 2.25. The molecule has 3 aromatic rings. The molecule has 1 heterocycles. The minimum absolute atomic E-state index is 0.122. The molecular weight excluding hydrogens is 318 g/mol. The Hall–Kier alpha value is -3.08. The zero-order valence-corrected chi connectivity index (χ0v) is 14.1. The molecule has 0 bridgehead atoms. The predicted octanol–water partition coefficient (Wildman–Crippen LogP) is 3.97. The van der Waals surface area contributed by atoms with E-state index in [9.17, 15) is 9.59 Å². The molecular formula is C20H19NO4. The van der Waals surface area contributed by atoms with Crippen molar-refractivity contribution < 1.29 is 18.7 Å². The number of benzene rings is 2. The summed E-state index contributed by atoms with van der Waals surface area (Å²) in [5.74, 6) is 0.440. The van der Waals surface area contributed by atoms with Crippen LogP contribution in [-0.4, -0.2) is 11.9 Å². The van der Waals surface area contributed by atoms with Gasteiger partial charge in [0.2, 0.25) is 5.91 Å². The molecule has 1 amide bonds. The van der Waals surface area contributed by atoms with Crippen molar-refractivity contribution in [1.82, 2.24) is 5.32 Å². The van der Waals surface area contributed by atoms with Gasteiger partial charge in [0, 0.05) is 18.9 Å². The third kappa shape index (κ3) is 3.55. The monoisotopic (exact) mass is 337 g/mol. The third-order valence-corrected chi connectivity index (χ3v) is 3.93. The Kier molecular flexibility index (Phi) is 4.84. The highest BCUT2D eigenvalue weighted by atomic mass is 16.5. The first kappa shape index (κ1) is 16.8. The topological polar surface area (TPSA) is 68.5 Å². The Bertz CT molecular complexity index is 899. The lowest BCUT2D eigenvalue weighted by atomic mass is 9.95. The van der Waals surface area contributed by atoms with Gasteiger partial charge in [-0.25, -0.2) is 0 Å². The van der Waals surface area contributed by atoms with Gasteiger partial charge in [0.25, 0.3) is 0 Å². The van der Waals surface area contributed by atoms with E-state index in [2.05, 4.69) is 5.32 Å². The highest BCUT2D eigenvalue weighted by molar-refractivity contribution is 5.90.